The van der Waals surface area contributed by atoms with Gasteiger partial charge in [0, 0.05) is 26.6 Å². The number of ketones is 1. The Hall–Kier alpha value is -0.410. The van der Waals surface area contributed by atoms with Crippen LogP contribution in [0.1, 0.15) is 13.3 Å². The van der Waals surface area contributed by atoms with Gasteiger partial charge in [0.2, 0.25) is 0 Å². The van der Waals surface area contributed by atoms with E-state index in [-0.39, 0.29) is 12.0 Å². The lowest BCUT2D eigenvalue weighted by atomic mass is 9.99. The van der Waals surface area contributed by atoms with E-state index in [1.165, 1.54) is 0 Å². The Bertz CT molecular complexity index is 147. The summed E-state index contributed by atoms with van der Waals surface area (Å²) < 4.78 is 5.16. The zero-order valence-electron chi connectivity index (χ0n) is 7.09. The lowest BCUT2D eigenvalue weighted by Gasteiger charge is -2.14. The molecule has 0 aromatic heterocycles. The fourth-order valence-corrected chi connectivity index (χ4v) is 1.49. The molecule has 1 aliphatic rings. The molecule has 0 spiro atoms. The molecule has 64 valence electrons. The second-order valence-electron chi connectivity index (χ2n) is 2.86. The number of nitrogens with one attached hydrogen (secondary N) is 1. The quantitative estimate of drug-likeness (QED) is 0.636. The summed E-state index contributed by atoms with van der Waals surface area (Å²) in [4.78, 5) is 11.3. The Balaban J connectivity index is 2.49. The third kappa shape index (κ3) is 1.79. The van der Waals surface area contributed by atoms with Crippen molar-refractivity contribution in [1.82, 2.24) is 5.32 Å². The fourth-order valence-electron chi connectivity index (χ4n) is 1.49. The summed E-state index contributed by atoms with van der Waals surface area (Å²) in [6.45, 7) is 3.49. The van der Waals surface area contributed by atoms with Crippen LogP contribution in [0.5, 0.6) is 0 Å². The van der Waals surface area contributed by atoms with Crippen LogP contribution in [0.25, 0.3) is 0 Å². The van der Waals surface area contributed by atoms with Gasteiger partial charge in [0.25, 0.3) is 0 Å². The number of ether oxygens (including phenoxy) is 1. The molecule has 0 aromatic carbocycles. The van der Waals surface area contributed by atoms with Gasteiger partial charge in [-0.25, -0.2) is 0 Å². The Morgan fingerprint density at radius 3 is 2.91 bits per heavy atom. The van der Waals surface area contributed by atoms with Crippen molar-refractivity contribution in [2.75, 3.05) is 20.2 Å². The monoisotopic (exact) mass is 157 g/mol. The van der Waals surface area contributed by atoms with Crippen LogP contribution in [0.2, 0.25) is 0 Å². The summed E-state index contributed by atoms with van der Waals surface area (Å²) in [7, 11) is 1.66. The van der Waals surface area contributed by atoms with Crippen molar-refractivity contribution in [3.8, 4) is 0 Å². The van der Waals surface area contributed by atoms with Crippen molar-refractivity contribution >= 4 is 5.78 Å². The first kappa shape index (κ1) is 8.68. The van der Waals surface area contributed by atoms with Crippen molar-refractivity contribution in [2.45, 2.75) is 19.4 Å². The first-order valence-corrected chi connectivity index (χ1v) is 4.05. The predicted octanol–water partition coefficient (Wildman–Crippen LogP) is 0.200. The molecule has 1 saturated heterocycles. The minimum atomic E-state index is 0.0880. The van der Waals surface area contributed by atoms with Crippen LogP contribution in [0.15, 0.2) is 0 Å². The number of Topliss-reactive ketones (excluding diaryl/α,β-unsaturated/α-hetero) is 1. The molecular formula is C8H15NO2. The molecule has 3 heteroatoms. The zero-order chi connectivity index (χ0) is 8.27. The van der Waals surface area contributed by atoms with Crippen LogP contribution >= 0.6 is 0 Å². The maximum atomic E-state index is 11.3. The van der Waals surface area contributed by atoms with E-state index in [1.54, 1.807) is 7.11 Å². The van der Waals surface area contributed by atoms with Crippen LogP contribution < -0.4 is 5.32 Å². The predicted molar refractivity (Wildman–Crippen MR) is 42.5 cm³/mol. The second-order valence-corrected chi connectivity index (χ2v) is 2.86. The number of rotatable bonds is 3. The number of hydrogen-bond donors (Lipinski definition) is 1. The van der Waals surface area contributed by atoms with Gasteiger partial charge in [-0.2, -0.15) is 0 Å². The number of hydrogen-bond acceptors (Lipinski definition) is 3. The van der Waals surface area contributed by atoms with Crippen molar-refractivity contribution in [2.24, 2.45) is 5.92 Å². The molecule has 1 rings (SSSR count). The highest BCUT2D eigenvalue weighted by Gasteiger charge is 2.31. The van der Waals surface area contributed by atoms with Gasteiger partial charge in [-0.1, -0.05) is 6.92 Å². The molecule has 1 heterocycles. The van der Waals surface area contributed by atoms with Crippen molar-refractivity contribution in [3.05, 3.63) is 0 Å². The molecule has 0 amide bonds. The first-order chi connectivity index (χ1) is 5.29. The fraction of sp³-hybridized carbons (Fsp3) is 0.875. The largest absolute Gasteiger partial charge is 0.379 e. The van der Waals surface area contributed by atoms with Crippen LogP contribution in [0, 0.1) is 5.92 Å². The Labute approximate surface area is 67.1 Å². The molecule has 3 nitrogen and oxygen atoms in total. The van der Waals surface area contributed by atoms with Crippen LogP contribution in [0.4, 0.5) is 0 Å². The molecule has 2 atom stereocenters. The molecule has 2 unspecified atom stereocenters. The number of methoxy groups -OCH3 is 1. The Morgan fingerprint density at radius 1 is 1.64 bits per heavy atom. The van der Waals surface area contributed by atoms with E-state index in [0.717, 1.165) is 13.1 Å². The van der Waals surface area contributed by atoms with Gasteiger partial charge in [-0.3, -0.25) is 4.79 Å². The molecule has 11 heavy (non-hydrogen) atoms. The Morgan fingerprint density at radius 2 is 2.36 bits per heavy atom. The van der Waals surface area contributed by atoms with E-state index in [4.69, 9.17) is 4.74 Å². The smallest absolute Gasteiger partial charge is 0.139 e. The highest BCUT2D eigenvalue weighted by Crippen LogP contribution is 2.14. The number of carbonyl (C=O) groups excluding carboxylic acids is 1. The van der Waals surface area contributed by atoms with Gasteiger partial charge < -0.3 is 10.1 Å². The van der Waals surface area contributed by atoms with Gasteiger partial charge in [0.15, 0.2) is 0 Å². The molecular weight excluding hydrogens is 142 g/mol. The Kier molecular flexibility index (Phi) is 3.02. The standard InChI is InChI=1S/C8H15NO2/c1-3-7(10)6-4-9-5-8(6)11-2/h6,8-9H,3-5H2,1-2H3. The lowest BCUT2D eigenvalue weighted by Crippen LogP contribution is -2.27. The van der Waals surface area contributed by atoms with Crippen molar-refractivity contribution in [1.29, 1.82) is 0 Å². The van der Waals surface area contributed by atoms with E-state index in [1.807, 2.05) is 6.92 Å². The van der Waals surface area contributed by atoms with Crippen LogP contribution in [0.3, 0.4) is 0 Å². The minimum Gasteiger partial charge on any atom is -0.379 e. The summed E-state index contributed by atoms with van der Waals surface area (Å²) in [6, 6.07) is 0. The topological polar surface area (TPSA) is 38.3 Å². The molecule has 0 saturated carbocycles. The summed E-state index contributed by atoms with van der Waals surface area (Å²) in [6.07, 6.45) is 0.717. The third-order valence-corrected chi connectivity index (χ3v) is 2.22. The highest BCUT2D eigenvalue weighted by molar-refractivity contribution is 5.81. The summed E-state index contributed by atoms with van der Waals surface area (Å²) in [5.41, 5.74) is 0. The van der Waals surface area contributed by atoms with Crippen LogP contribution in [-0.2, 0) is 9.53 Å². The first-order valence-electron chi connectivity index (χ1n) is 4.05. The van der Waals surface area contributed by atoms with Crippen molar-refractivity contribution < 1.29 is 9.53 Å². The van der Waals surface area contributed by atoms with Gasteiger partial charge in [-0.15, -0.1) is 0 Å². The highest BCUT2D eigenvalue weighted by atomic mass is 16.5. The molecule has 0 aromatic rings. The minimum absolute atomic E-state index is 0.0880. The lowest BCUT2D eigenvalue weighted by molar-refractivity contribution is -0.125. The van der Waals surface area contributed by atoms with E-state index >= 15 is 0 Å². The average Bonchev–Trinajstić information content (AvgIpc) is 2.50. The molecule has 0 aliphatic carbocycles. The van der Waals surface area contributed by atoms with Gasteiger partial charge in [0.05, 0.1) is 12.0 Å². The van der Waals surface area contributed by atoms with Gasteiger partial charge >= 0.3 is 0 Å². The molecule has 0 radical (unpaired) electrons. The molecule has 0 bridgehead atoms. The van der Waals surface area contributed by atoms with E-state index in [0.29, 0.717) is 12.2 Å². The van der Waals surface area contributed by atoms with Gasteiger partial charge in [-0.05, 0) is 0 Å². The molecule has 1 aliphatic heterocycles. The van der Waals surface area contributed by atoms with E-state index in [9.17, 15) is 4.79 Å². The van der Waals surface area contributed by atoms with E-state index in [2.05, 4.69) is 5.32 Å². The zero-order valence-corrected chi connectivity index (χ0v) is 7.09. The SMILES string of the molecule is CCC(=O)C1CNCC1OC. The normalized spacial score (nSPS) is 30.7. The number of carbonyl (C=O) groups is 1. The second kappa shape index (κ2) is 3.83. The van der Waals surface area contributed by atoms with E-state index < -0.39 is 0 Å². The molecule has 1 N–H and O–H groups in total. The van der Waals surface area contributed by atoms with Gasteiger partial charge in [0.1, 0.15) is 5.78 Å². The summed E-state index contributed by atoms with van der Waals surface area (Å²) in [5.74, 6) is 0.395. The summed E-state index contributed by atoms with van der Waals surface area (Å²) in [5, 5.41) is 3.14. The van der Waals surface area contributed by atoms with Crippen LogP contribution in [-0.4, -0.2) is 32.1 Å². The maximum absolute atomic E-state index is 11.3. The third-order valence-electron chi connectivity index (χ3n) is 2.22. The average molecular weight is 157 g/mol. The maximum Gasteiger partial charge on any atom is 0.139 e. The summed E-state index contributed by atoms with van der Waals surface area (Å²) >= 11 is 0. The molecule has 1 fully saturated rings. The van der Waals surface area contributed by atoms with Crippen molar-refractivity contribution in [3.63, 3.8) is 0 Å².